The Morgan fingerprint density at radius 1 is 1.35 bits per heavy atom. The highest BCUT2D eigenvalue weighted by Crippen LogP contribution is 2.44. The van der Waals surface area contributed by atoms with Crippen molar-refractivity contribution >= 4 is 17.7 Å². The molecule has 0 radical (unpaired) electrons. The molecule has 0 spiro atoms. The molecule has 110 valence electrons. The third-order valence-corrected chi connectivity index (χ3v) is 5.47. The molecular weight excluding hydrogens is 268 g/mol. The molecule has 0 heterocycles. The third-order valence-electron chi connectivity index (χ3n) is 3.98. The van der Waals surface area contributed by atoms with Crippen LogP contribution in [-0.4, -0.2) is 23.7 Å². The monoisotopic (exact) mass is 292 g/mol. The molecule has 4 heteroatoms. The lowest BCUT2D eigenvalue weighted by atomic mass is 10.1. The predicted molar refractivity (Wildman–Crippen MR) is 84.7 cm³/mol. The minimum absolute atomic E-state index is 0.0763. The Bertz CT molecular complexity index is 429. The van der Waals surface area contributed by atoms with Crippen molar-refractivity contribution in [2.45, 2.75) is 42.2 Å². The van der Waals surface area contributed by atoms with Crippen molar-refractivity contribution < 1.29 is 4.79 Å². The Hall–Kier alpha value is -1.00. The molecule has 1 aliphatic carbocycles. The SMILES string of the molecule is CC(CN)C(=O)NCC1(Sc2ccccc2)CCCC1. The fraction of sp³-hybridized carbons (Fsp3) is 0.562. The van der Waals surface area contributed by atoms with Crippen LogP contribution in [0, 0.1) is 5.92 Å². The minimum Gasteiger partial charge on any atom is -0.354 e. The van der Waals surface area contributed by atoms with E-state index in [4.69, 9.17) is 5.73 Å². The number of benzene rings is 1. The zero-order chi connectivity index (χ0) is 14.4. The maximum atomic E-state index is 11.9. The molecule has 0 aliphatic heterocycles. The number of hydrogen-bond donors (Lipinski definition) is 2. The Morgan fingerprint density at radius 2 is 2.00 bits per heavy atom. The lowest BCUT2D eigenvalue weighted by Crippen LogP contribution is -2.42. The average Bonchev–Trinajstić information content (AvgIpc) is 2.94. The first-order valence-corrected chi connectivity index (χ1v) is 8.19. The van der Waals surface area contributed by atoms with Gasteiger partial charge in [-0.3, -0.25) is 4.79 Å². The molecule has 2 rings (SSSR count). The van der Waals surface area contributed by atoms with E-state index in [0.29, 0.717) is 6.54 Å². The van der Waals surface area contributed by atoms with Gasteiger partial charge in [0.15, 0.2) is 0 Å². The van der Waals surface area contributed by atoms with Gasteiger partial charge < -0.3 is 11.1 Å². The molecule has 1 amide bonds. The van der Waals surface area contributed by atoms with E-state index >= 15 is 0 Å². The maximum absolute atomic E-state index is 11.9. The number of hydrogen-bond acceptors (Lipinski definition) is 3. The first kappa shape index (κ1) is 15.4. The highest BCUT2D eigenvalue weighted by atomic mass is 32.2. The van der Waals surface area contributed by atoms with E-state index in [9.17, 15) is 4.79 Å². The maximum Gasteiger partial charge on any atom is 0.224 e. The van der Waals surface area contributed by atoms with Gasteiger partial charge in [0.25, 0.3) is 0 Å². The molecule has 1 atom stereocenters. The second-order valence-electron chi connectivity index (χ2n) is 5.66. The molecule has 20 heavy (non-hydrogen) atoms. The zero-order valence-corrected chi connectivity index (χ0v) is 12.9. The van der Waals surface area contributed by atoms with Crippen LogP contribution >= 0.6 is 11.8 Å². The molecule has 1 saturated carbocycles. The van der Waals surface area contributed by atoms with Gasteiger partial charge in [-0.05, 0) is 25.0 Å². The molecule has 1 aliphatic rings. The van der Waals surface area contributed by atoms with E-state index in [2.05, 4.69) is 29.6 Å². The first-order valence-electron chi connectivity index (χ1n) is 7.37. The number of nitrogens with one attached hydrogen (secondary N) is 1. The van der Waals surface area contributed by atoms with Crippen LogP contribution in [0.2, 0.25) is 0 Å². The lowest BCUT2D eigenvalue weighted by Gasteiger charge is -2.29. The number of carbonyl (C=O) groups excluding carboxylic acids is 1. The van der Waals surface area contributed by atoms with Crippen LogP contribution in [-0.2, 0) is 4.79 Å². The van der Waals surface area contributed by atoms with Crippen molar-refractivity contribution in [2.24, 2.45) is 11.7 Å². The second-order valence-corrected chi connectivity index (χ2v) is 7.20. The molecule has 3 N–H and O–H groups in total. The van der Waals surface area contributed by atoms with E-state index in [1.54, 1.807) is 0 Å². The summed E-state index contributed by atoms with van der Waals surface area (Å²) in [4.78, 5) is 13.2. The van der Waals surface area contributed by atoms with E-state index in [1.807, 2.05) is 24.8 Å². The van der Waals surface area contributed by atoms with Crippen molar-refractivity contribution in [2.75, 3.05) is 13.1 Å². The number of carbonyl (C=O) groups is 1. The van der Waals surface area contributed by atoms with Crippen LogP contribution < -0.4 is 11.1 Å². The van der Waals surface area contributed by atoms with Crippen molar-refractivity contribution in [3.05, 3.63) is 30.3 Å². The van der Waals surface area contributed by atoms with E-state index in [0.717, 1.165) is 6.54 Å². The van der Waals surface area contributed by atoms with Crippen molar-refractivity contribution in [1.82, 2.24) is 5.32 Å². The summed E-state index contributed by atoms with van der Waals surface area (Å²) in [6, 6.07) is 10.5. The van der Waals surface area contributed by atoms with E-state index in [1.165, 1.54) is 30.6 Å². The number of amides is 1. The van der Waals surface area contributed by atoms with Crippen molar-refractivity contribution in [3.63, 3.8) is 0 Å². The van der Waals surface area contributed by atoms with Crippen LogP contribution in [0.5, 0.6) is 0 Å². The number of nitrogens with two attached hydrogens (primary N) is 1. The Morgan fingerprint density at radius 3 is 2.60 bits per heavy atom. The Balaban J connectivity index is 1.97. The van der Waals surface area contributed by atoms with Gasteiger partial charge >= 0.3 is 0 Å². The number of thioether (sulfide) groups is 1. The molecule has 1 unspecified atom stereocenters. The van der Waals surface area contributed by atoms with Gasteiger partial charge in [-0.1, -0.05) is 38.0 Å². The van der Waals surface area contributed by atoms with Gasteiger partial charge in [0.05, 0.1) is 0 Å². The quantitative estimate of drug-likeness (QED) is 0.847. The molecule has 1 aromatic rings. The summed E-state index contributed by atoms with van der Waals surface area (Å²) >= 11 is 1.91. The summed E-state index contributed by atoms with van der Waals surface area (Å²) in [5, 5.41) is 3.10. The standard InChI is InChI=1S/C16H24N2OS/c1-13(11-17)15(19)18-12-16(9-5-6-10-16)20-14-7-3-2-4-8-14/h2-4,7-8,13H,5-6,9-12,17H2,1H3,(H,18,19). The van der Waals surface area contributed by atoms with E-state index < -0.39 is 0 Å². The highest BCUT2D eigenvalue weighted by Gasteiger charge is 2.35. The van der Waals surface area contributed by atoms with Gasteiger partial charge in [0, 0.05) is 28.6 Å². The van der Waals surface area contributed by atoms with Crippen molar-refractivity contribution in [3.8, 4) is 0 Å². The first-order chi connectivity index (χ1) is 9.65. The minimum atomic E-state index is -0.102. The largest absolute Gasteiger partial charge is 0.354 e. The summed E-state index contributed by atoms with van der Waals surface area (Å²) < 4.78 is 0.158. The third kappa shape index (κ3) is 4.00. The highest BCUT2D eigenvalue weighted by molar-refractivity contribution is 8.00. The Kier molecular flexibility index (Phi) is 5.49. The summed E-state index contributed by atoms with van der Waals surface area (Å²) in [7, 11) is 0. The van der Waals surface area contributed by atoms with Crippen LogP contribution in [0.3, 0.4) is 0 Å². The fourth-order valence-electron chi connectivity index (χ4n) is 2.60. The summed E-state index contributed by atoms with van der Waals surface area (Å²) in [6.45, 7) is 3.03. The molecule has 0 saturated heterocycles. The van der Waals surface area contributed by atoms with Crippen LogP contribution in [0.4, 0.5) is 0 Å². The van der Waals surface area contributed by atoms with Gasteiger partial charge in [-0.15, -0.1) is 11.8 Å². The normalized spacial score (nSPS) is 18.7. The molecular formula is C16H24N2OS. The molecule has 3 nitrogen and oxygen atoms in total. The summed E-state index contributed by atoms with van der Waals surface area (Å²) in [5.74, 6) is -0.0254. The Labute approximate surface area is 125 Å². The van der Waals surface area contributed by atoms with Crippen LogP contribution in [0.15, 0.2) is 35.2 Å². The number of rotatable bonds is 6. The van der Waals surface area contributed by atoms with E-state index in [-0.39, 0.29) is 16.6 Å². The molecule has 0 bridgehead atoms. The van der Waals surface area contributed by atoms with Gasteiger partial charge in [-0.2, -0.15) is 0 Å². The van der Waals surface area contributed by atoms with Gasteiger partial charge in [0.1, 0.15) is 0 Å². The lowest BCUT2D eigenvalue weighted by molar-refractivity contribution is -0.124. The molecule has 0 aromatic heterocycles. The van der Waals surface area contributed by atoms with Crippen LogP contribution in [0.25, 0.3) is 0 Å². The van der Waals surface area contributed by atoms with Crippen molar-refractivity contribution in [1.29, 1.82) is 0 Å². The summed E-state index contributed by atoms with van der Waals surface area (Å²) in [6.07, 6.45) is 4.85. The smallest absolute Gasteiger partial charge is 0.224 e. The molecule has 1 aromatic carbocycles. The topological polar surface area (TPSA) is 55.1 Å². The van der Waals surface area contributed by atoms with Gasteiger partial charge in [-0.25, -0.2) is 0 Å². The van der Waals surface area contributed by atoms with Crippen LogP contribution in [0.1, 0.15) is 32.6 Å². The predicted octanol–water partition coefficient (Wildman–Crippen LogP) is 2.80. The zero-order valence-electron chi connectivity index (χ0n) is 12.1. The average molecular weight is 292 g/mol. The second kappa shape index (κ2) is 7.14. The molecule has 1 fully saturated rings. The van der Waals surface area contributed by atoms with Gasteiger partial charge in [0.2, 0.25) is 5.91 Å². The fourth-order valence-corrected chi connectivity index (χ4v) is 4.03. The summed E-state index contributed by atoms with van der Waals surface area (Å²) in [5.41, 5.74) is 5.55.